The van der Waals surface area contributed by atoms with E-state index < -0.39 is 0 Å². The van der Waals surface area contributed by atoms with Gasteiger partial charge in [0.05, 0.1) is 6.61 Å². The molecule has 0 aliphatic rings. The van der Waals surface area contributed by atoms with Crippen molar-refractivity contribution in [1.82, 2.24) is 5.32 Å². The molecule has 3 N–H and O–H groups in total. The minimum absolute atomic E-state index is 0.0798. The van der Waals surface area contributed by atoms with E-state index in [-0.39, 0.29) is 18.6 Å². The zero-order valence-electron chi connectivity index (χ0n) is 13.9. The van der Waals surface area contributed by atoms with Crippen molar-refractivity contribution >= 4 is 11.7 Å². The molecule has 5 nitrogen and oxygen atoms in total. The van der Waals surface area contributed by atoms with Crippen molar-refractivity contribution in [2.24, 2.45) is 0 Å². The van der Waals surface area contributed by atoms with Crippen LogP contribution in [0.4, 0.5) is 10.5 Å². The summed E-state index contributed by atoms with van der Waals surface area (Å²) < 4.78 is 5.14. The largest absolute Gasteiger partial charge is 0.396 e. The van der Waals surface area contributed by atoms with E-state index in [9.17, 15) is 9.90 Å². The molecule has 1 unspecified atom stereocenters. The van der Waals surface area contributed by atoms with E-state index in [4.69, 9.17) is 4.74 Å². The van der Waals surface area contributed by atoms with E-state index in [1.807, 2.05) is 54.6 Å². The van der Waals surface area contributed by atoms with Gasteiger partial charge < -0.3 is 20.5 Å². The van der Waals surface area contributed by atoms with Gasteiger partial charge >= 0.3 is 6.03 Å². The number of aliphatic hydroxyl groups is 1. The Morgan fingerprint density at radius 3 is 2.54 bits per heavy atom. The summed E-state index contributed by atoms with van der Waals surface area (Å²) in [7, 11) is 1.62. The van der Waals surface area contributed by atoms with Gasteiger partial charge in [-0.1, -0.05) is 48.5 Å². The fourth-order valence-corrected chi connectivity index (χ4v) is 2.57. The van der Waals surface area contributed by atoms with Gasteiger partial charge in [0.2, 0.25) is 0 Å². The Kier molecular flexibility index (Phi) is 7.26. The molecule has 1 atom stereocenters. The van der Waals surface area contributed by atoms with Crippen molar-refractivity contribution in [3.63, 3.8) is 0 Å². The van der Waals surface area contributed by atoms with Crippen LogP contribution in [0.1, 0.15) is 23.5 Å². The normalized spacial score (nSPS) is 11.8. The number of ether oxygens (including phenoxy) is 1. The number of carbonyl (C=O) groups excluding carboxylic acids is 1. The van der Waals surface area contributed by atoms with Crippen LogP contribution in [-0.4, -0.2) is 31.4 Å². The maximum atomic E-state index is 12.2. The third kappa shape index (κ3) is 5.37. The Balaban J connectivity index is 1.94. The summed E-state index contributed by atoms with van der Waals surface area (Å²) in [5.41, 5.74) is 2.76. The van der Waals surface area contributed by atoms with Gasteiger partial charge in [0.1, 0.15) is 0 Å². The predicted octanol–water partition coefficient (Wildman–Crippen LogP) is 3.12. The lowest BCUT2D eigenvalue weighted by Gasteiger charge is -2.18. The fourth-order valence-electron chi connectivity index (χ4n) is 2.57. The zero-order chi connectivity index (χ0) is 17.2. The highest BCUT2D eigenvalue weighted by Gasteiger charge is 2.13. The predicted molar refractivity (Wildman–Crippen MR) is 95.1 cm³/mol. The second-order valence-electron chi connectivity index (χ2n) is 5.55. The Bertz CT molecular complexity index is 632. The topological polar surface area (TPSA) is 70.6 Å². The first kappa shape index (κ1) is 18.0. The molecule has 2 amide bonds. The van der Waals surface area contributed by atoms with Gasteiger partial charge in [-0.2, -0.15) is 0 Å². The first-order valence-corrected chi connectivity index (χ1v) is 8.02. The number of hydrogen-bond donors (Lipinski definition) is 3. The minimum atomic E-state index is -0.266. The van der Waals surface area contributed by atoms with Crippen LogP contribution in [0.2, 0.25) is 0 Å². The van der Waals surface area contributed by atoms with E-state index in [0.29, 0.717) is 19.6 Å². The average molecular weight is 328 g/mol. The van der Waals surface area contributed by atoms with Gasteiger partial charge in [0.15, 0.2) is 0 Å². The number of urea groups is 1. The van der Waals surface area contributed by atoms with Crippen LogP contribution in [0.25, 0.3) is 0 Å². The summed E-state index contributed by atoms with van der Waals surface area (Å²) in [5.74, 6) is 0.0798. The van der Waals surface area contributed by atoms with Crippen LogP contribution >= 0.6 is 0 Å². The molecule has 128 valence electrons. The highest BCUT2D eigenvalue weighted by Crippen LogP contribution is 2.19. The molecule has 2 rings (SSSR count). The van der Waals surface area contributed by atoms with Crippen molar-refractivity contribution in [2.45, 2.75) is 18.9 Å². The van der Waals surface area contributed by atoms with Gasteiger partial charge in [-0.25, -0.2) is 4.79 Å². The Morgan fingerprint density at radius 2 is 1.83 bits per heavy atom. The van der Waals surface area contributed by atoms with Gasteiger partial charge in [-0.05, 0) is 18.1 Å². The minimum Gasteiger partial charge on any atom is -0.396 e. The molecule has 0 heterocycles. The maximum Gasteiger partial charge on any atom is 0.319 e. The molecule has 2 aromatic carbocycles. The number of rotatable bonds is 8. The highest BCUT2D eigenvalue weighted by atomic mass is 16.5. The summed E-state index contributed by atoms with van der Waals surface area (Å²) in [5, 5.41) is 15.0. The second-order valence-corrected chi connectivity index (χ2v) is 5.55. The summed E-state index contributed by atoms with van der Waals surface area (Å²) in [6.45, 7) is 0.982. The van der Waals surface area contributed by atoms with Crippen molar-refractivity contribution < 1.29 is 14.6 Å². The van der Waals surface area contributed by atoms with Crippen molar-refractivity contribution in [3.8, 4) is 0 Å². The number of benzene rings is 2. The average Bonchev–Trinajstić information content (AvgIpc) is 2.61. The number of carbonyl (C=O) groups is 1. The summed E-state index contributed by atoms with van der Waals surface area (Å²) >= 11 is 0. The van der Waals surface area contributed by atoms with E-state index in [0.717, 1.165) is 16.8 Å². The van der Waals surface area contributed by atoms with E-state index in [1.54, 1.807) is 7.11 Å². The van der Waals surface area contributed by atoms with Crippen LogP contribution in [0.5, 0.6) is 0 Å². The van der Waals surface area contributed by atoms with E-state index >= 15 is 0 Å². The molecular weight excluding hydrogens is 304 g/mol. The Morgan fingerprint density at radius 1 is 1.12 bits per heavy atom. The number of aliphatic hydroxyl groups excluding tert-OH is 1. The maximum absolute atomic E-state index is 12.2. The standard InChI is InChI=1S/C19H24N2O3/c1-24-14-17-9-5-6-10-18(17)21-19(23)20-13-16(11-12-22)15-7-3-2-4-8-15/h2-10,16,22H,11-14H2,1H3,(H2,20,21,23). The molecule has 0 aromatic heterocycles. The molecule has 0 spiro atoms. The van der Waals surface area contributed by atoms with Gasteiger partial charge in [-0.3, -0.25) is 0 Å². The SMILES string of the molecule is COCc1ccccc1NC(=O)NCC(CCO)c1ccccc1. The molecular formula is C19H24N2O3. The lowest BCUT2D eigenvalue weighted by Crippen LogP contribution is -2.33. The van der Waals surface area contributed by atoms with Gasteiger partial charge in [-0.15, -0.1) is 0 Å². The lowest BCUT2D eigenvalue weighted by atomic mass is 9.96. The van der Waals surface area contributed by atoms with E-state index in [2.05, 4.69) is 10.6 Å². The van der Waals surface area contributed by atoms with Gasteiger partial charge in [0, 0.05) is 37.4 Å². The molecule has 0 aliphatic carbocycles. The number of methoxy groups -OCH3 is 1. The molecule has 0 fully saturated rings. The number of anilines is 1. The summed E-state index contributed by atoms with van der Waals surface area (Å²) in [6, 6.07) is 17.2. The highest BCUT2D eigenvalue weighted by molar-refractivity contribution is 5.90. The fraction of sp³-hybridized carbons (Fsp3) is 0.316. The number of amides is 2. The van der Waals surface area contributed by atoms with Gasteiger partial charge in [0.25, 0.3) is 0 Å². The molecule has 0 saturated carbocycles. The molecule has 0 saturated heterocycles. The second kappa shape index (κ2) is 9.70. The van der Waals surface area contributed by atoms with Crippen LogP contribution < -0.4 is 10.6 Å². The summed E-state index contributed by atoms with van der Waals surface area (Å²) in [4.78, 5) is 12.2. The van der Waals surface area contributed by atoms with Crippen LogP contribution in [0.3, 0.4) is 0 Å². The van der Waals surface area contributed by atoms with Crippen molar-refractivity contribution in [3.05, 3.63) is 65.7 Å². The first-order chi connectivity index (χ1) is 11.7. The van der Waals surface area contributed by atoms with Crippen molar-refractivity contribution in [1.29, 1.82) is 0 Å². The lowest BCUT2D eigenvalue weighted by molar-refractivity contribution is 0.185. The third-order valence-electron chi connectivity index (χ3n) is 3.82. The third-order valence-corrected chi connectivity index (χ3v) is 3.82. The van der Waals surface area contributed by atoms with Crippen molar-refractivity contribution in [2.75, 3.05) is 25.6 Å². The zero-order valence-corrected chi connectivity index (χ0v) is 13.9. The Labute approximate surface area is 142 Å². The van der Waals surface area contributed by atoms with Crippen LogP contribution in [-0.2, 0) is 11.3 Å². The molecule has 0 radical (unpaired) electrons. The Hall–Kier alpha value is -2.37. The quantitative estimate of drug-likeness (QED) is 0.697. The monoisotopic (exact) mass is 328 g/mol. The molecule has 5 heteroatoms. The first-order valence-electron chi connectivity index (χ1n) is 8.02. The number of para-hydroxylation sites is 1. The smallest absolute Gasteiger partial charge is 0.319 e. The van der Waals surface area contributed by atoms with Crippen LogP contribution in [0, 0.1) is 0 Å². The molecule has 0 bridgehead atoms. The molecule has 2 aromatic rings. The number of hydrogen-bond acceptors (Lipinski definition) is 3. The summed E-state index contributed by atoms with van der Waals surface area (Å²) in [6.07, 6.45) is 0.602. The molecule has 24 heavy (non-hydrogen) atoms. The van der Waals surface area contributed by atoms with Crippen LogP contribution in [0.15, 0.2) is 54.6 Å². The molecule has 0 aliphatic heterocycles. The van der Waals surface area contributed by atoms with E-state index in [1.165, 1.54) is 0 Å². The number of nitrogens with one attached hydrogen (secondary N) is 2.